The van der Waals surface area contributed by atoms with Crippen molar-refractivity contribution in [1.82, 2.24) is 0 Å². The van der Waals surface area contributed by atoms with Crippen molar-refractivity contribution in [2.24, 2.45) is 0 Å². The van der Waals surface area contributed by atoms with Gasteiger partial charge in [-0.15, -0.1) is 0 Å². The lowest BCUT2D eigenvalue weighted by atomic mass is 10.3. The van der Waals surface area contributed by atoms with Crippen LogP contribution in [0.5, 0.6) is 0 Å². The third kappa shape index (κ3) is 4.83. The second-order valence-electron chi connectivity index (χ2n) is 3.92. The van der Waals surface area contributed by atoms with Crippen molar-refractivity contribution < 1.29 is 4.79 Å². The molecule has 0 atom stereocenters. The van der Waals surface area contributed by atoms with Gasteiger partial charge in [-0.2, -0.15) is 0 Å². The highest BCUT2D eigenvalue weighted by molar-refractivity contribution is 14.1. The van der Waals surface area contributed by atoms with Crippen molar-refractivity contribution in [3.63, 3.8) is 0 Å². The molecule has 0 aliphatic carbocycles. The second kappa shape index (κ2) is 6.91. The minimum atomic E-state index is -0.0723. The summed E-state index contributed by atoms with van der Waals surface area (Å²) in [5.41, 5.74) is 1.72. The highest BCUT2D eigenvalue weighted by atomic mass is 127. The van der Waals surface area contributed by atoms with Gasteiger partial charge in [-0.3, -0.25) is 4.79 Å². The van der Waals surface area contributed by atoms with Gasteiger partial charge in [-0.25, -0.2) is 0 Å². The van der Waals surface area contributed by atoms with E-state index in [0.717, 1.165) is 19.4 Å². The summed E-state index contributed by atoms with van der Waals surface area (Å²) in [6, 6.07) is 15.4. The summed E-state index contributed by atoms with van der Waals surface area (Å²) in [5, 5.41) is 5.93. The lowest BCUT2D eigenvalue weighted by Crippen LogP contribution is -2.21. The number of carbonyl (C=O) groups is 1. The summed E-state index contributed by atoms with van der Waals surface area (Å²) in [6.45, 7) is 0.243. The Morgan fingerprint density at radius 1 is 1.11 bits per heavy atom. The Balaban J connectivity index is 1.88. The maximum Gasteiger partial charge on any atom is 0.243 e. The molecule has 2 aromatic rings. The molecule has 0 aromatic heterocycles. The maximum atomic E-state index is 11.8. The van der Waals surface area contributed by atoms with Crippen LogP contribution < -0.4 is 10.6 Å². The zero-order chi connectivity index (χ0) is 13.7. The summed E-state index contributed by atoms with van der Waals surface area (Å²) in [6.07, 6.45) is 0. The normalized spacial score (nSPS) is 10.0. The first kappa shape index (κ1) is 14.3. The van der Waals surface area contributed by atoms with Gasteiger partial charge in [0.1, 0.15) is 0 Å². The average Bonchev–Trinajstić information content (AvgIpc) is 2.36. The Labute approximate surface area is 134 Å². The van der Waals surface area contributed by atoms with E-state index < -0.39 is 0 Å². The van der Waals surface area contributed by atoms with E-state index in [1.54, 1.807) is 0 Å². The molecule has 2 rings (SSSR count). The van der Waals surface area contributed by atoms with Crippen LogP contribution in [0.25, 0.3) is 0 Å². The van der Waals surface area contributed by atoms with Crippen molar-refractivity contribution in [2.75, 3.05) is 17.2 Å². The van der Waals surface area contributed by atoms with Crippen LogP contribution in [0.15, 0.2) is 53.0 Å². The zero-order valence-electron chi connectivity index (χ0n) is 9.99. The number of rotatable bonds is 4. The van der Waals surface area contributed by atoms with Gasteiger partial charge in [0.05, 0.1) is 6.54 Å². The van der Waals surface area contributed by atoms with Crippen LogP contribution in [0, 0.1) is 3.57 Å². The van der Waals surface area contributed by atoms with E-state index in [1.165, 1.54) is 0 Å². The molecule has 19 heavy (non-hydrogen) atoms. The van der Waals surface area contributed by atoms with Gasteiger partial charge in [0.15, 0.2) is 0 Å². The molecular formula is C14H12BrIN2O. The van der Waals surface area contributed by atoms with Crippen molar-refractivity contribution in [3.05, 3.63) is 56.6 Å². The molecule has 0 fully saturated rings. The molecule has 3 nitrogen and oxygen atoms in total. The molecule has 5 heteroatoms. The molecule has 0 heterocycles. The summed E-state index contributed by atoms with van der Waals surface area (Å²) in [5.74, 6) is -0.0723. The number of anilines is 2. The number of carbonyl (C=O) groups excluding carboxylic acids is 1. The van der Waals surface area contributed by atoms with Gasteiger partial charge < -0.3 is 10.6 Å². The van der Waals surface area contributed by atoms with Crippen LogP contribution in [0.1, 0.15) is 0 Å². The fourth-order valence-electron chi connectivity index (χ4n) is 1.55. The number of hydrogen-bond acceptors (Lipinski definition) is 2. The smallest absolute Gasteiger partial charge is 0.243 e. The van der Waals surface area contributed by atoms with Crippen molar-refractivity contribution in [2.45, 2.75) is 0 Å². The van der Waals surface area contributed by atoms with E-state index in [9.17, 15) is 4.79 Å². The Morgan fingerprint density at radius 2 is 1.84 bits per heavy atom. The first-order chi connectivity index (χ1) is 9.13. The number of benzene rings is 2. The largest absolute Gasteiger partial charge is 0.376 e. The maximum absolute atomic E-state index is 11.8. The first-order valence-corrected chi connectivity index (χ1v) is 7.55. The Kier molecular flexibility index (Phi) is 5.21. The van der Waals surface area contributed by atoms with Crippen LogP contribution in [0.3, 0.4) is 0 Å². The molecule has 0 aliphatic heterocycles. The van der Waals surface area contributed by atoms with Crippen LogP contribution in [-0.4, -0.2) is 12.5 Å². The predicted molar refractivity (Wildman–Crippen MR) is 90.4 cm³/mol. The third-order valence-corrected chi connectivity index (χ3v) is 3.55. The summed E-state index contributed by atoms with van der Waals surface area (Å²) in [7, 11) is 0. The summed E-state index contributed by atoms with van der Waals surface area (Å²) >= 11 is 5.61. The quantitative estimate of drug-likeness (QED) is 0.717. The third-order valence-electron chi connectivity index (χ3n) is 2.39. The SMILES string of the molecule is O=C(CNc1cccc(I)c1)Nc1cccc(Br)c1. The van der Waals surface area contributed by atoms with E-state index in [0.29, 0.717) is 0 Å². The van der Waals surface area contributed by atoms with Crippen molar-refractivity contribution >= 4 is 55.8 Å². The molecule has 98 valence electrons. The van der Waals surface area contributed by atoms with Gasteiger partial charge in [-0.05, 0) is 59.0 Å². The minimum Gasteiger partial charge on any atom is -0.376 e. The number of amides is 1. The predicted octanol–water partition coefficient (Wildman–Crippen LogP) is 4.10. The molecule has 0 saturated heterocycles. The van der Waals surface area contributed by atoms with E-state index >= 15 is 0 Å². The van der Waals surface area contributed by atoms with Crippen LogP contribution in [0.4, 0.5) is 11.4 Å². The number of halogens is 2. The van der Waals surface area contributed by atoms with Gasteiger partial charge in [0.2, 0.25) is 5.91 Å². The molecule has 2 N–H and O–H groups in total. The Morgan fingerprint density at radius 3 is 2.58 bits per heavy atom. The fraction of sp³-hybridized carbons (Fsp3) is 0.0714. The van der Waals surface area contributed by atoms with E-state index in [1.807, 2.05) is 48.5 Å². The standard InChI is InChI=1S/C14H12BrIN2O/c15-10-3-1-6-13(7-10)18-14(19)9-17-12-5-2-4-11(16)8-12/h1-8,17H,9H2,(H,18,19). The molecule has 0 spiro atoms. The van der Waals surface area contributed by atoms with Crippen LogP contribution in [0.2, 0.25) is 0 Å². The first-order valence-electron chi connectivity index (χ1n) is 5.68. The Hall–Kier alpha value is -1.08. The topological polar surface area (TPSA) is 41.1 Å². The average molecular weight is 431 g/mol. The van der Waals surface area contributed by atoms with Crippen molar-refractivity contribution in [1.29, 1.82) is 0 Å². The van der Waals surface area contributed by atoms with E-state index in [2.05, 4.69) is 49.2 Å². The van der Waals surface area contributed by atoms with Gasteiger partial charge in [0.25, 0.3) is 0 Å². The summed E-state index contributed by atoms with van der Waals surface area (Å²) in [4.78, 5) is 11.8. The molecule has 0 bridgehead atoms. The monoisotopic (exact) mass is 430 g/mol. The second-order valence-corrected chi connectivity index (χ2v) is 6.08. The molecule has 0 unspecified atom stereocenters. The van der Waals surface area contributed by atoms with E-state index in [-0.39, 0.29) is 12.5 Å². The van der Waals surface area contributed by atoms with Crippen LogP contribution in [-0.2, 0) is 4.79 Å². The van der Waals surface area contributed by atoms with E-state index in [4.69, 9.17) is 0 Å². The lowest BCUT2D eigenvalue weighted by molar-refractivity contribution is -0.114. The molecule has 0 radical (unpaired) electrons. The molecule has 0 saturated carbocycles. The van der Waals surface area contributed by atoms with Gasteiger partial charge in [-0.1, -0.05) is 28.1 Å². The lowest BCUT2D eigenvalue weighted by Gasteiger charge is -2.08. The highest BCUT2D eigenvalue weighted by Gasteiger charge is 2.02. The summed E-state index contributed by atoms with van der Waals surface area (Å²) < 4.78 is 2.07. The molecule has 2 aromatic carbocycles. The zero-order valence-corrected chi connectivity index (χ0v) is 13.7. The van der Waals surface area contributed by atoms with Crippen molar-refractivity contribution in [3.8, 4) is 0 Å². The fourth-order valence-corrected chi connectivity index (χ4v) is 2.49. The molecule has 0 aliphatic rings. The highest BCUT2D eigenvalue weighted by Crippen LogP contribution is 2.16. The Bertz CT molecular complexity index is 589. The number of hydrogen-bond donors (Lipinski definition) is 2. The minimum absolute atomic E-state index is 0.0723. The van der Waals surface area contributed by atoms with Crippen LogP contribution >= 0.6 is 38.5 Å². The molecule has 1 amide bonds. The van der Waals surface area contributed by atoms with Gasteiger partial charge >= 0.3 is 0 Å². The van der Waals surface area contributed by atoms with Gasteiger partial charge in [0, 0.05) is 19.4 Å². The number of nitrogens with one attached hydrogen (secondary N) is 2. The molecular weight excluding hydrogens is 419 g/mol.